The minimum atomic E-state index is -5.14. The van der Waals surface area contributed by atoms with E-state index in [-0.39, 0.29) is 35.1 Å². The summed E-state index contributed by atoms with van der Waals surface area (Å²) in [4.78, 5) is 0.715. The first-order chi connectivity index (χ1) is 18.3. The summed E-state index contributed by atoms with van der Waals surface area (Å²) in [5.41, 5.74) is 3.32. The molecule has 2 aliphatic rings. The Balaban J connectivity index is 0.00000441. The Kier molecular flexibility index (Phi) is 9.94. The molecule has 1 heterocycles. The SMILES string of the molecule is CCN(CC)c1ccc2c(-c3ccc(S(=O)(=O)O)cc3S(=O)(=O)[O-])c3cc(C)c(=[N+](CC)CC)cc-3oc2c1.[Na+]. The molecule has 0 aromatic heterocycles. The van der Waals surface area contributed by atoms with Crippen LogP contribution in [0.15, 0.2) is 62.7 Å². The van der Waals surface area contributed by atoms with Gasteiger partial charge in [0, 0.05) is 52.5 Å². The normalized spacial score (nSPS) is 12.0. The molecule has 0 saturated heterocycles. The molecule has 0 spiro atoms. The molecule has 9 nitrogen and oxygen atoms in total. The summed E-state index contributed by atoms with van der Waals surface area (Å²) in [6.45, 7) is 13.2. The molecule has 2 aromatic carbocycles. The van der Waals surface area contributed by atoms with Gasteiger partial charge in [-0.15, -0.1) is 0 Å². The van der Waals surface area contributed by atoms with Crippen LogP contribution in [0.25, 0.3) is 33.4 Å². The van der Waals surface area contributed by atoms with Crippen molar-refractivity contribution in [1.29, 1.82) is 0 Å². The van der Waals surface area contributed by atoms with E-state index in [2.05, 4.69) is 23.3 Å². The summed E-state index contributed by atoms with van der Waals surface area (Å²) in [5, 5.41) is 1.51. The number of nitrogens with zero attached hydrogens (tertiary/aromatic N) is 2. The smallest absolute Gasteiger partial charge is 0.744 e. The third-order valence-electron chi connectivity index (χ3n) is 7.04. The zero-order valence-electron chi connectivity index (χ0n) is 23.6. The molecule has 40 heavy (non-hydrogen) atoms. The Morgan fingerprint density at radius 2 is 1.55 bits per heavy atom. The number of fused-ring (bicyclic) bond motifs is 2. The molecule has 1 aliphatic heterocycles. The Morgan fingerprint density at radius 1 is 0.900 bits per heavy atom. The van der Waals surface area contributed by atoms with E-state index in [9.17, 15) is 25.9 Å². The van der Waals surface area contributed by atoms with Gasteiger partial charge in [0.15, 0.2) is 0 Å². The van der Waals surface area contributed by atoms with Crippen LogP contribution in [0.2, 0.25) is 0 Å². The first-order valence-corrected chi connectivity index (χ1v) is 15.6. The van der Waals surface area contributed by atoms with Crippen LogP contribution >= 0.6 is 0 Å². The summed E-state index contributed by atoms with van der Waals surface area (Å²) < 4.78 is 78.9. The van der Waals surface area contributed by atoms with Crippen molar-refractivity contribution in [2.45, 2.75) is 44.4 Å². The van der Waals surface area contributed by atoms with Crippen LogP contribution in [0.3, 0.4) is 0 Å². The van der Waals surface area contributed by atoms with Crippen molar-refractivity contribution in [1.82, 2.24) is 4.58 Å². The van der Waals surface area contributed by atoms with Gasteiger partial charge in [0.25, 0.3) is 10.1 Å². The number of benzene rings is 3. The molecule has 0 atom stereocenters. The average Bonchev–Trinajstić information content (AvgIpc) is 2.88. The average molecular weight is 596 g/mol. The van der Waals surface area contributed by atoms with Crippen molar-refractivity contribution in [2.24, 2.45) is 0 Å². The molecule has 0 amide bonds. The molecule has 12 heteroatoms. The van der Waals surface area contributed by atoms with E-state index in [1.54, 1.807) is 0 Å². The Morgan fingerprint density at radius 3 is 2.10 bits per heavy atom. The molecule has 0 fully saturated rings. The van der Waals surface area contributed by atoms with Gasteiger partial charge in [0.1, 0.15) is 34.6 Å². The van der Waals surface area contributed by atoms with Gasteiger partial charge >= 0.3 is 29.6 Å². The maximum atomic E-state index is 12.4. The summed E-state index contributed by atoms with van der Waals surface area (Å²) in [5.74, 6) is 0.481. The first kappa shape index (κ1) is 32.3. The first-order valence-electron chi connectivity index (χ1n) is 12.8. The number of hydrogen-bond donors (Lipinski definition) is 1. The molecule has 0 saturated carbocycles. The Labute approximate surface area is 257 Å². The number of anilines is 1. The Bertz CT molecular complexity index is 1820. The Hall–Kier alpha value is -2.25. The summed E-state index contributed by atoms with van der Waals surface area (Å²) in [7, 11) is -9.89. The molecule has 208 valence electrons. The fourth-order valence-electron chi connectivity index (χ4n) is 5.08. The van der Waals surface area contributed by atoms with E-state index in [4.69, 9.17) is 4.42 Å². The number of aryl methyl sites for hydroxylation is 1. The fourth-order valence-corrected chi connectivity index (χ4v) is 6.37. The van der Waals surface area contributed by atoms with Gasteiger partial charge in [-0.1, -0.05) is 6.07 Å². The van der Waals surface area contributed by atoms with E-state index < -0.39 is 30.0 Å². The van der Waals surface area contributed by atoms with Gasteiger partial charge in [-0.3, -0.25) is 4.55 Å². The number of rotatable bonds is 8. The van der Waals surface area contributed by atoms with Crippen LogP contribution in [0.1, 0.15) is 33.3 Å². The third-order valence-corrected chi connectivity index (χ3v) is 8.77. The topological polar surface area (TPSA) is 131 Å². The third kappa shape index (κ3) is 6.15. The quantitative estimate of drug-likeness (QED) is 0.140. The second-order valence-electron chi connectivity index (χ2n) is 9.22. The number of hydrogen-bond acceptors (Lipinski definition) is 7. The molecule has 0 bridgehead atoms. The van der Waals surface area contributed by atoms with Crippen LogP contribution < -0.4 is 44.4 Å². The van der Waals surface area contributed by atoms with Crippen molar-refractivity contribution in [2.75, 3.05) is 31.1 Å². The maximum Gasteiger partial charge on any atom is 1.00 e. The van der Waals surface area contributed by atoms with Crippen LogP contribution in [-0.2, 0) is 20.2 Å². The predicted molar refractivity (Wildman–Crippen MR) is 151 cm³/mol. The maximum absolute atomic E-state index is 12.4. The summed E-state index contributed by atoms with van der Waals surface area (Å²) in [6, 6.07) is 12.4. The predicted octanol–water partition coefficient (Wildman–Crippen LogP) is 1.33. The standard InChI is InChI=1S/C28H32N2O7S2.Na/c1-6-29(7-2)19-10-12-21-25(15-19)37-26-17-24(30(8-3)9-4)18(5)14-23(26)28(21)22-13-11-20(38(31,32)33)16-27(22)39(34,35)36;/h10-17H,6-9H2,1-5H3,(H-,31,32,33,34,35,36);/q;+1. The minimum Gasteiger partial charge on any atom is -0.744 e. The minimum absolute atomic E-state index is 0. The summed E-state index contributed by atoms with van der Waals surface area (Å²) >= 11 is 0. The van der Waals surface area contributed by atoms with Gasteiger partial charge in [-0.25, -0.2) is 13.0 Å². The van der Waals surface area contributed by atoms with E-state index in [1.165, 1.54) is 6.07 Å². The molecular formula is C28H32N2NaO7S2+. The van der Waals surface area contributed by atoms with Gasteiger partial charge in [-0.2, -0.15) is 8.42 Å². The fraction of sp³-hybridized carbons (Fsp3) is 0.321. The molecule has 0 unspecified atom stereocenters. The second kappa shape index (κ2) is 12.3. The van der Waals surface area contributed by atoms with E-state index in [0.29, 0.717) is 33.9 Å². The van der Waals surface area contributed by atoms with Crippen molar-refractivity contribution < 1.29 is 59.9 Å². The molecule has 1 aliphatic carbocycles. The largest absolute Gasteiger partial charge is 1.00 e. The van der Waals surface area contributed by atoms with Gasteiger partial charge in [0.2, 0.25) is 5.36 Å². The van der Waals surface area contributed by atoms with Crippen LogP contribution in [0.4, 0.5) is 5.69 Å². The van der Waals surface area contributed by atoms with E-state index in [1.807, 2.05) is 51.1 Å². The van der Waals surface area contributed by atoms with Crippen LogP contribution in [0, 0.1) is 6.92 Å². The molecule has 1 N–H and O–H groups in total. The van der Waals surface area contributed by atoms with E-state index >= 15 is 0 Å². The van der Waals surface area contributed by atoms with Crippen LogP contribution in [0.5, 0.6) is 0 Å². The van der Waals surface area contributed by atoms with Gasteiger partial charge in [0.05, 0.1) is 15.9 Å². The zero-order valence-corrected chi connectivity index (χ0v) is 27.2. The zero-order chi connectivity index (χ0) is 28.7. The summed E-state index contributed by atoms with van der Waals surface area (Å²) in [6.07, 6.45) is 0. The van der Waals surface area contributed by atoms with Gasteiger partial charge in [-0.05, 0) is 65.0 Å². The molecule has 0 radical (unpaired) electrons. The van der Waals surface area contributed by atoms with Crippen LogP contribution in [-0.4, -0.2) is 52.1 Å². The molecular weight excluding hydrogens is 563 g/mol. The van der Waals surface area contributed by atoms with Crippen molar-refractivity contribution >= 4 is 36.9 Å². The molecule has 2 aromatic rings. The van der Waals surface area contributed by atoms with Gasteiger partial charge < -0.3 is 13.9 Å². The van der Waals surface area contributed by atoms with Crippen molar-refractivity contribution in [3.8, 4) is 22.5 Å². The second-order valence-corrected chi connectivity index (χ2v) is 12.0. The van der Waals surface area contributed by atoms with E-state index in [0.717, 1.165) is 48.9 Å². The monoisotopic (exact) mass is 595 g/mol. The molecule has 4 rings (SSSR count). The van der Waals surface area contributed by atoms with Crippen molar-refractivity contribution in [3.05, 3.63) is 59.5 Å². The van der Waals surface area contributed by atoms with Crippen molar-refractivity contribution in [3.63, 3.8) is 0 Å².